The van der Waals surface area contributed by atoms with Gasteiger partial charge in [0.2, 0.25) is 0 Å². The Morgan fingerprint density at radius 3 is 1.57 bits per heavy atom. The van der Waals surface area contributed by atoms with Gasteiger partial charge in [0.05, 0.1) is 5.29 Å². The van der Waals surface area contributed by atoms with Crippen LogP contribution in [0.25, 0.3) is 0 Å². The van der Waals surface area contributed by atoms with E-state index >= 15 is 0 Å². The first-order valence-electron chi connectivity index (χ1n) is 11.7. The molecule has 0 aliphatic carbocycles. The van der Waals surface area contributed by atoms with Crippen LogP contribution in [0, 0.1) is 0 Å². The molecule has 4 aromatic rings. The van der Waals surface area contributed by atoms with Crippen LogP contribution in [0.15, 0.2) is 115 Å². The predicted octanol–water partition coefficient (Wildman–Crippen LogP) is 6.39. The molecule has 0 spiro atoms. The molecule has 0 aliphatic heterocycles. The van der Waals surface area contributed by atoms with Crippen molar-refractivity contribution in [2.75, 3.05) is 0 Å². The second-order valence-electron chi connectivity index (χ2n) is 9.43. The van der Waals surface area contributed by atoms with Gasteiger partial charge < -0.3 is 4.74 Å². The van der Waals surface area contributed by atoms with Gasteiger partial charge in [-0.05, 0) is 61.3 Å². The van der Waals surface area contributed by atoms with Crippen LogP contribution < -0.4 is 15.9 Å². The molecule has 4 heteroatoms. The van der Waals surface area contributed by atoms with Crippen molar-refractivity contribution in [3.05, 3.63) is 126 Å². The monoisotopic (exact) mass is 500 g/mol. The summed E-state index contributed by atoms with van der Waals surface area (Å²) in [5.41, 5.74) is 0.349. The smallest absolute Gasteiger partial charge is 0.335 e. The summed E-state index contributed by atoms with van der Waals surface area (Å²) < 4.78 is 6.09. The van der Waals surface area contributed by atoms with Crippen molar-refractivity contribution in [3.8, 4) is 0 Å². The summed E-state index contributed by atoms with van der Waals surface area (Å²) >= 11 is 6.36. The average molecular weight is 501 g/mol. The van der Waals surface area contributed by atoms with Crippen molar-refractivity contribution < 1.29 is 9.53 Å². The van der Waals surface area contributed by atoms with Gasteiger partial charge in [-0.25, -0.2) is 4.79 Å². The molecule has 178 valence electrons. The summed E-state index contributed by atoms with van der Waals surface area (Å²) in [7, 11) is 0. The van der Waals surface area contributed by atoms with Crippen LogP contribution >= 0.6 is 18.5 Å². The summed E-state index contributed by atoms with van der Waals surface area (Å²) in [6, 6.07) is 38.8. The van der Waals surface area contributed by atoms with Crippen LogP contribution in [0.2, 0.25) is 5.02 Å². The number of carbonyl (C=O) groups excluding carboxylic acids is 1. The molecule has 0 heterocycles. The Morgan fingerprint density at radius 2 is 1.17 bits per heavy atom. The van der Waals surface area contributed by atoms with Gasteiger partial charge in [-0.1, -0.05) is 115 Å². The molecule has 35 heavy (non-hydrogen) atoms. The van der Waals surface area contributed by atoms with Crippen LogP contribution in [-0.2, 0) is 16.0 Å². The number of hydrogen-bond donors (Lipinski definition) is 0. The molecule has 4 rings (SSSR count). The van der Waals surface area contributed by atoms with Crippen LogP contribution in [0.1, 0.15) is 26.3 Å². The summed E-state index contributed by atoms with van der Waals surface area (Å²) in [6.07, 6.45) is 0.432. The topological polar surface area (TPSA) is 26.3 Å². The lowest BCUT2D eigenvalue weighted by Gasteiger charge is -2.33. The minimum Gasteiger partial charge on any atom is -0.457 e. The van der Waals surface area contributed by atoms with Crippen LogP contribution in [-0.4, -0.2) is 16.9 Å². The molecule has 0 saturated carbocycles. The predicted molar refractivity (Wildman–Crippen MR) is 151 cm³/mol. The highest BCUT2D eigenvalue weighted by Crippen LogP contribution is 2.47. The number of halogens is 1. The molecule has 0 N–H and O–H groups in total. The van der Waals surface area contributed by atoms with Crippen LogP contribution in [0.5, 0.6) is 0 Å². The lowest BCUT2D eigenvalue weighted by atomic mass is 10.1. The maximum absolute atomic E-state index is 14.2. The zero-order valence-corrected chi connectivity index (χ0v) is 22.0. The highest BCUT2D eigenvalue weighted by atomic mass is 35.5. The molecule has 4 aromatic carbocycles. The third kappa shape index (κ3) is 5.61. The standard InChI is InChI=1S/C31H30ClO2P/c1-31(2,3)34-30(33)29(23-24-14-13-15-25(32)22-24)35(26-16-7-4-8-17-26,27-18-9-5-10-19-27)28-20-11-6-12-21-28/h4-22H,23H2,1-3H3. The number of esters is 1. The number of carbonyl (C=O) groups is 1. The van der Waals surface area contributed by atoms with Crippen molar-refractivity contribution >= 4 is 45.7 Å². The number of ether oxygens (including phenoxy) is 1. The Kier molecular flexibility index (Phi) is 7.65. The normalized spacial score (nSPS) is 11.7. The summed E-state index contributed by atoms with van der Waals surface area (Å²) in [5, 5.41) is 4.73. The average Bonchev–Trinajstić information content (AvgIpc) is 2.85. The minimum absolute atomic E-state index is 0.276. The van der Waals surface area contributed by atoms with Gasteiger partial charge in [0.1, 0.15) is 5.60 Å². The second-order valence-corrected chi connectivity index (χ2v) is 13.3. The van der Waals surface area contributed by atoms with E-state index in [1.54, 1.807) is 0 Å². The first kappa shape index (κ1) is 25.0. The molecule has 0 bridgehead atoms. The lowest BCUT2D eigenvalue weighted by molar-refractivity contribution is -0.146. The van der Waals surface area contributed by atoms with Gasteiger partial charge in [-0.3, -0.25) is 0 Å². The number of hydrogen-bond acceptors (Lipinski definition) is 2. The highest BCUT2D eigenvalue weighted by molar-refractivity contribution is 7.96. The van der Waals surface area contributed by atoms with E-state index in [1.165, 1.54) is 0 Å². The fraction of sp³-hybridized carbons (Fsp3) is 0.161. The Bertz CT molecular complexity index is 1240. The summed E-state index contributed by atoms with van der Waals surface area (Å²) in [6.45, 7) is 3.15. The van der Waals surface area contributed by atoms with E-state index in [4.69, 9.17) is 16.3 Å². The molecule has 2 nitrogen and oxygen atoms in total. The van der Waals surface area contributed by atoms with E-state index < -0.39 is 12.5 Å². The zero-order chi connectivity index (χ0) is 24.9. The van der Waals surface area contributed by atoms with Crippen LogP contribution in [0.4, 0.5) is 0 Å². The lowest BCUT2D eigenvalue weighted by Crippen LogP contribution is -2.37. The van der Waals surface area contributed by atoms with E-state index in [-0.39, 0.29) is 5.97 Å². The molecule has 0 amide bonds. The second kappa shape index (κ2) is 10.7. The summed E-state index contributed by atoms with van der Waals surface area (Å²) in [4.78, 5) is 14.2. The number of rotatable bonds is 6. The molecule has 0 radical (unpaired) electrons. The highest BCUT2D eigenvalue weighted by Gasteiger charge is 2.35. The largest absolute Gasteiger partial charge is 0.457 e. The van der Waals surface area contributed by atoms with Crippen LogP contribution in [0.3, 0.4) is 0 Å². The van der Waals surface area contributed by atoms with Gasteiger partial charge in [-0.2, -0.15) is 0 Å². The Balaban J connectivity index is 2.19. The molecule has 0 aliphatic rings. The molecule has 0 saturated heterocycles. The molecular formula is C31H30ClO2P. The van der Waals surface area contributed by atoms with Crippen molar-refractivity contribution in [1.29, 1.82) is 0 Å². The van der Waals surface area contributed by atoms with Gasteiger partial charge in [0.25, 0.3) is 0 Å². The molecular weight excluding hydrogens is 471 g/mol. The zero-order valence-electron chi connectivity index (χ0n) is 20.3. The van der Waals surface area contributed by atoms with Crippen molar-refractivity contribution in [2.45, 2.75) is 32.8 Å². The van der Waals surface area contributed by atoms with E-state index in [1.807, 2.05) is 99.6 Å². The van der Waals surface area contributed by atoms with Crippen molar-refractivity contribution in [3.63, 3.8) is 0 Å². The van der Waals surface area contributed by atoms with Gasteiger partial charge in [-0.15, -0.1) is 0 Å². The van der Waals surface area contributed by atoms with E-state index in [0.29, 0.717) is 11.4 Å². The maximum atomic E-state index is 14.2. The minimum atomic E-state index is -2.59. The fourth-order valence-electron chi connectivity index (χ4n) is 4.37. The quantitative estimate of drug-likeness (QED) is 0.226. The van der Waals surface area contributed by atoms with Crippen molar-refractivity contribution in [2.24, 2.45) is 0 Å². The summed E-state index contributed by atoms with van der Waals surface area (Å²) in [5.74, 6) is -0.276. The first-order valence-corrected chi connectivity index (χ1v) is 13.9. The van der Waals surface area contributed by atoms with E-state index in [9.17, 15) is 4.79 Å². The number of benzene rings is 4. The Hall–Kier alpha value is -3.06. The third-order valence-corrected chi connectivity index (χ3v) is 10.3. The van der Waals surface area contributed by atoms with E-state index in [0.717, 1.165) is 26.8 Å². The maximum Gasteiger partial charge on any atom is 0.335 e. The van der Waals surface area contributed by atoms with Gasteiger partial charge in [0, 0.05) is 11.4 Å². The van der Waals surface area contributed by atoms with Gasteiger partial charge >= 0.3 is 5.97 Å². The first-order chi connectivity index (χ1) is 16.8. The molecule has 0 atom stereocenters. The Labute approximate surface area is 213 Å². The molecule has 0 aromatic heterocycles. The van der Waals surface area contributed by atoms with Gasteiger partial charge in [0.15, 0.2) is 0 Å². The fourth-order valence-corrected chi connectivity index (χ4v) is 9.01. The van der Waals surface area contributed by atoms with Crippen molar-refractivity contribution in [1.82, 2.24) is 0 Å². The Morgan fingerprint density at radius 1 is 0.714 bits per heavy atom. The third-order valence-electron chi connectivity index (χ3n) is 5.73. The van der Waals surface area contributed by atoms with E-state index in [2.05, 4.69) is 36.4 Å². The SMILES string of the molecule is CC(C)(C)OC(=O)C(Cc1cccc(Cl)c1)=P(c1ccccc1)(c1ccccc1)c1ccccc1. The molecule has 0 fully saturated rings. The molecule has 0 unspecified atom stereocenters.